The van der Waals surface area contributed by atoms with E-state index in [2.05, 4.69) is 33.9 Å². The van der Waals surface area contributed by atoms with E-state index in [-0.39, 0.29) is 16.4 Å². The van der Waals surface area contributed by atoms with Gasteiger partial charge in [0.2, 0.25) is 0 Å². The van der Waals surface area contributed by atoms with Gasteiger partial charge < -0.3 is 14.4 Å². The van der Waals surface area contributed by atoms with Crippen molar-refractivity contribution in [1.82, 2.24) is 4.90 Å². The van der Waals surface area contributed by atoms with Crippen molar-refractivity contribution in [2.45, 2.75) is 57.9 Å². The predicted molar refractivity (Wildman–Crippen MR) is 82.8 cm³/mol. The van der Waals surface area contributed by atoms with Crippen molar-refractivity contribution in [3.8, 4) is 0 Å². The highest BCUT2D eigenvalue weighted by molar-refractivity contribution is 6.74. The second-order valence-corrected chi connectivity index (χ2v) is 12.9. The molecule has 2 rings (SSSR count). The van der Waals surface area contributed by atoms with Gasteiger partial charge in [-0.2, -0.15) is 0 Å². The number of nitrogens with zero attached hydrogens (tertiary/aromatic N) is 1. The van der Waals surface area contributed by atoms with Crippen LogP contribution < -0.4 is 0 Å². The second-order valence-electron chi connectivity index (χ2n) is 8.08. The molecule has 0 radical (unpaired) electrons. The molecule has 1 N–H and O–H groups in total. The number of carbonyl (C=O) groups is 1. The SMILES string of the molecule is CC(C)(C)[Si](C)(C)OCC1C(F)C12CCN(C(=O)O)CC2. The zero-order chi connectivity index (χ0) is 16.1. The number of alkyl halides is 1. The first-order valence-electron chi connectivity index (χ1n) is 7.77. The van der Waals surface area contributed by atoms with Gasteiger partial charge in [-0.1, -0.05) is 20.8 Å². The van der Waals surface area contributed by atoms with Crippen LogP contribution in [0.2, 0.25) is 18.1 Å². The third-order valence-corrected chi connectivity index (χ3v) is 10.4. The molecule has 1 aliphatic heterocycles. The summed E-state index contributed by atoms with van der Waals surface area (Å²) in [7, 11) is -1.84. The molecule has 2 aliphatic rings. The van der Waals surface area contributed by atoms with Crippen LogP contribution in [0.5, 0.6) is 0 Å². The average molecular weight is 317 g/mol. The molecule has 1 saturated heterocycles. The Morgan fingerprint density at radius 1 is 1.38 bits per heavy atom. The molecular formula is C15H28FNO3Si. The van der Waals surface area contributed by atoms with Crippen LogP contribution in [0.15, 0.2) is 0 Å². The molecule has 1 saturated carbocycles. The molecule has 6 heteroatoms. The first kappa shape index (κ1) is 16.7. The molecule has 21 heavy (non-hydrogen) atoms. The zero-order valence-corrected chi connectivity index (χ0v) is 14.8. The van der Waals surface area contributed by atoms with E-state index in [1.165, 1.54) is 4.90 Å². The monoisotopic (exact) mass is 317 g/mol. The number of amides is 1. The van der Waals surface area contributed by atoms with Gasteiger partial charge in [0.1, 0.15) is 6.17 Å². The lowest BCUT2D eigenvalue weighted by atomic mass is 9.91. The minimum Gasteiger partial charge on any atom is -0.465 e. The van der Waals surface area contributed by atoms with E-state index < -0.39 is 20.6 Å². The fourth-order valence-electron chi connectivity index (χ4n) is 3.05. The first-order valence-corrected chi connectivity index (χ1v) is 10.7. The van der Waals surface area contributed by atoms with Crippen molar-refractivity contribution >= 4 is 14.4 Å². The molecule has 122 valence electrons. The maximum absolute atomic E-state index is 14.3. The van der Waals surface area contributed by atoms with Gasteiger partial charge in [0.15, 0.2) is 8.32 Å². The van der Waals surface area contributed by atoms with Crippen LogP contribution in [-0.2, 0) is 4.43 Å². The molecule has 0 bridgehead atoms. The van der Waals surface area contributed by atoms with E-state index in [1.54, 1.807) is 0 Å². The van der Waals surface area contributed by atoms with Gasteiger partial charge in [0, 0.05) is 31.0 Å². The summed E-state index contributed by atoms with van der Waals surface area (Å²) in [5, 5.41) is 9.11. The topological polar surface area (TPSA) is 49.8 Å². The number of halogens is 1. The molecule has 1 aliphatic carbocycles. The van der Waals surface area contributed by atoms with Gasteiger partial charge in [-0.3, -0.25) is 0 Å². The van der Waals surface area contributed by atoms with Gasteiger partial charge in [-0.05, 0) is 31.0 Å². The maximum Gasteiger partial charge on any atom is 0.407 e. The van der Waals surface area contributed by atoms with Crippen LogP contribution in [0.1, 0.15) is 33.6 Å². The lowest BCUT2D eigenvalue weighted by Gasteiger charge is -2.36. The van der Waals surface area contributed by atoms with Crippen LogP contribution in [0, 0.1) is 11.3 Å². The molecular weight excluding hydrogens is 289 g/mol. The highest BCUT2D eigenvalue weighted by atomic mass is 28.4. The number of piperidine rings is 1. The van der Waals surface area contributed by atoms with Crippen LogP contribution >= 0.6 is 0 Å². The Morgan fingerprint density at radius 2 is 1.90 bits per heavy atom. The third kappa shape index (κ3) is 2.97. The van der Waals surface area contributed by atoms with Crippen LogP contribution in [0.3, 0.4) is 0 Å². The van der Waals surface area contributed by atoms with Crippen LogP contribution in [0.4, 0.5) is 9.18 Å². The number of likely N-dealkylation sites (tertiary alicyclic amines) is 1. The Bertz CT molecular complexity index is 414. The minimum absolute atomic E-state index is 0.0393. The van der Waals surface area contributed by atoms with Crippen molar-refractivity contribution in [2.75, 3.05) is 19.7 Å². The maximum atomic E-state index is 14.3. The van der Waals surface area contributed by atoms with Crippen molar-refractivity contribution in [2.24, 2.45) is 11.3 Å². The molecule has 1 heterocycles. The van der Waals surface area contributed by atoms with E-state index in [9.17, 15) is 9.18 Å². The summed E-state index contributed by atoms with van der Waals surface area (Å²) in [5.74, 6) is -0.0393. The molecule has 2 atom stereocenters. The molecule has 0 aromatic heterocycles. The lowest BCUT2D eigenvalue weighted by Crippen LogP contribution is -2.42. The number of hydrogen-bond donors (Lipinski definition) is 1. The lowest BCUT2D eigenvalue weighted by molar-refractivity contribution is 0.110. The van der Waals surface area contributed by atoms with Crippen molar-refractivity contribution in [1.29, 1.82) is 0 Å². The molecule has 1 amide bonds. The summed E-state index contributed by atoms with van der Waals surface area (Å²) in [6.07, 6.45) is -0.453. The van der Waals surface area contributed by atoms with Crippen molar-refractivity contribution in [3.63, 3.8) is 0 Å². The average Bonchev–Trinajstić information content (AvgIpc) is 2.89. The summed E-state index contributed by atoms with van der Waals surface area (Å²) in [4.78, 5) is 12.3. The quantitative estimate of drug-likeness (QED) is 0.807. The summed E-state index contributed by atoms with van der Waals surface area (Å²) < 4.78 is 20.4. The van der Waals surface area contributed by atoms with Crippen LogP contribution in [0.25, 0.3) is 0 Å². The highest BCUT2D eigenvalue weighted by Gasteiger charge is 2.66. The Kier molecular flexibility index (Phi) is 4.17. The second kappa shape index (κ2) is 5.23. The Morgan fingerprint density at radius 3 is 2.33 bits per heavy atom. The predicted octanol–water partition coefficient (Wildman–Crippen LogP) is 3.74. The van der Waals surface area contributed by atoms with E-state index in [0.29, 0.717) is 32.5 Å². The highest BCUT2D eigenvalue weighted by Crippen LogP contribution is 2.61. The smallest absolute Gasteiger partial charge is 0.407 e. The Labute approximate surface area is 127 Å². The van der Waals surface area contributed by atoms with Crippen molar-refractivity contribution in [3.05, 3.63) is 0 Å². The summed E-state index contributed by atoms with van der Waals surface area (Å²) in [6, 6.07) is 0. The molecule has 1 spiro atoms. The summed E-state index contributed by atoms with van der Waals surface area (Å²) >= 11 is 0. The van der Waals surface area contributed by atoms with E-state index in [0.717, 1.165) is 0 Å². The van der Waals surface area contributed by atoms with E-state index >= 15 is 0 Å². The summed E-state index contributed by atoms with van der Waals surface area (Å²) in [5.41, 5.74) is -0.311. The molecule has 4 nitrogen and oxygen atoms in total. The Hall–Kier alpha value is -0.623. The fourth-order valence-corrected chi connectivity index (χ4v) is 4.08. The molecule has 2 unspecified atom stereocenters. The molecule has 0 aromatic rings. The summed E-state index contributed by atoms with van der Waals surface area (Å²) in [6.45, 7) is 12.3. The number of hydrogen-bond acceptors (Lipinski definition) is 2. The number of rotatable bonds is 3. The fraction of sp³-hybridized carbons (Fsp3) is 0.933. The molecule has 2 fully saturated rings. The van der Waals surface area contributed by atoms with Crippen LogP contribution in [-0.4, -0.2) is 50.3 Å². The van der Waals surface area contributed by atoms with Gasteiger partial charge in [-0.15, -0.1) is 0 Å². The zero-order valence-electron chi connectivity index (χ0n) is 13.8. The van der Waals surface area contributed by atoms with Gasteiger partial charge in [0.25, 0.3) is 0 Å². The number of carboxylic acid groups (broad SMARTS) is 1. The van der Waals surface area contributed by atoms with Gasteiger partial charge >= 0.3 is 6.09 Å². The van der Waals surface area contributed by atoms with Crippen molar-refractivity contribution < 1.29 is 18.7 Å². The Balaban J connectivity index is 1.89. The van der Waals surface area contributed by atoms with E-state index in [1.807, 2.05) is 0 Å². The van der Waals surface area contributed by atoms with Gasteiger partial charge in [0.05, 0.1) is 0 Å². The third-order valence-electron chi connectivity index (χ3n) is 5.93. The largest absolute Gasteiger partial charge is 0.465 e. The normalized spacial score (nSPS) is 28.8. The first-order chi connectivity index (χ1) is 9.51. The minimum atomic E-state index is -1.84. The van der Waals surface area contributed by atoms with Gasteiger partial charge in [-0.25, -0.2) is 9.18 Å². The van der Waals surface area contributed by atoms with E-state index in [4.69, 9.17) is 9.53 Å². The molecule has 0 aromatic carbocycles. The standard InChI is InChI=1S/C15H28FNO3Si/c1-14(2,3)21(4,5)20-10-11-12(16)15(11)6-8-17(9-7-15)13(18)19/h11-12H,6-10H2,1-5H3,(H,18,19).